The predicted molar refractivity (Wildman–Crippen MR) is 108 cm³/mol. The number of nitrogens with one attached hydrogen (secondary N) is 1. The van der Waals surface area contributed by atoms with Gasteiger partial charge in [0.15, 0.2) is 0 Å². The maximum Gasteiger partial charge on any atom is 0.223 e. The van der Waals surface area contributed by atoms with E-state index in [-0.39, 0.29) is 18.2 Å². The van der Waals surface area contributed by atoms with Crippen molar-refractivity contribution in [2.24, 2.45) is 0 Å². The topological polar surface area (TPSA) is 49.4 Å². The summed E-state index contributed by atoms with van der Waals surface area (Å²) in [6, 6.07) is 3.84. The van der Waals surface area contributed by atoms with Crippen LogP contribution in [0.2, 0.25) is 5.02 Å². The van der Waals surface area contributed by atoms with Crippen molar-refractivity contribution in [1.29, 1.82) is 0 Å². The molecule has 0 heterocycles. The quantitative estimate of drug-likeness (QED) is 0.701. The van der Waals surface area contributed by atoms with Gasteiger partial charge in [0.25, 0.3) is 0 Å². The SMILES string of the molecule is CC(=O)N(CCC(=O)NCCC1=CCCCC1)c1c(C)cc(C)cc1Cl. The summed E-state index contributed by atoms with van der Waals surface area (Å²) in [4.78, 5) is 25.9. The normalized spacial score (nSPS) is 13.9. The van der Waals surface area contributed by atoms with E-state index in [2.05, 4.69) is 11.4 Å². The van der Waals surface area contributed by atoms with Crippen LogP contribution >= 0.6 is 11.6 Å². The van der Waals surface area contributed by atoms with Crippen molar-refractivity contribution in [3.8, 4) is 0 Å². The first kappa shape index (κ1) is 20.5. The molecule has 26 heavy (non-hydrogen) atoms. The molecule has 1 aliphatic carbocycles. The number of rotatable bonds is 7. The van der Waals surface area contributed by atoms with E-state index in [0.29, 0.717) is 23.8 Å². The molecular formula is C21H29ClN2O2. The minimum absolute atomic E-state index is 0.0338. The zero-order valence-electron chi connectivity index (χ0n) is 16.0. The molecule has 0 fully saturated rings. The number of halogens is 1. The maximum atomic E-state index is 12.2. The Morgan fingerprint density at radius 2 is 2.00 bits per heavy atom. The molecule has 2 amide bonds. The second-order valence-electron chi connectivity index (χ2n) is 7.04. The van der Waals surface area contributed by atoms with Crippen LogP contribution in [0.1, 0.15) is 56.6 Å². The zero-order chi connectivity index (χ0) is 19.1. The molecule has 0 atom stereocenters. The van der Waals surface area contributed by atoms with Gasteiger partial charge in [0.05, 0.1) is 10.7 Å². The molecule has 2 rings (SSSR count). The monoisotopic (exact) mass is 376 g/mol. The van der Waals surface area contributed by atoms with E-state index in [9.17, 15) is 9.59 Å². The van der Waals surface area contributed by atoms with Gasteiger partial charge in [0, 0.05) is 26.4 Å². The molecule has 0 aliphatic heterocycles. The molecule has 5 heteroatoms. The highest BCUT2D eigenvalue weighted by atomic mass is 35.5. The van der Waals surface area contributed by atoms with Crippen LogP contribution < -0.4 is 10.2 Å². The fourth-order valence-corrected chi connectivity index (χ4v) is 3.90. The fraction of sp³-hybridized carbons (Fsp3) is 0.524. The van der Waals surface area contributed by atoms with Gasteiger partial charge in [-0.1, -0.05) is 29.3 Å². The second-order valence-corrected chi connectivity index (χ2v) is 7.45. The molecule has 0 spiro atoms. The van der Waals surface area contributed by atoms with Crippen molar-refractivity contribution in [2.45, 2.75) is 59.3 Å². The zero-order valence-corrected chi connectivity index (χ0v) is 16.8. The van der Waals surface area contributed by atoms with E-state index in [1.807, 2.05) is 26.0 Å². The van der Waals surface area contributed by atoms with Gasteiger partial charge in [0.2, 0.25) is 11.8 Å². The highest BCUT2D eigenvalue weighted by Gasteiger charge is 2.18. The Morgan fingerprint density at radius 1 is 1.23 bits per heavy atom. The summed E-state index contributed by atoms with van der Waals surface area (Å²) in [5.41, 5.74) is 4.14. The molecule has 142 valence electrons. The van der Waals surface area contributed by atoms with Gasteiger partial charge in [-0.15, -0.1) is 0 Å². The van der Waals surface area contributed by atoms with Gasteiger partial charge in [-0.3, -0.25) is 9.59 Å². The number of nitrogens with zero attached hydrogens (tertiary/aromatic N) is 1. The summed E-state index contributed by atoms with van der Waals surface area (Å²) in [6.07, 6.45) is 8.33. The number of amides is 2. The number of allylic oxidation sites excluding steroid dienone is 1. The molecule has 0 radical (unpaired) electrons. The minimum atomic E-state index is -0.112. The third kappa shape index (κ3) is 5.87. The van der Waals surface area contributed by atoms with Crippen molar-refractivity contribution in [1.82, 2.24) is 5.32 Å². The third-order valence-electron chi connectivity index (χ3n) is 4.76. The van der Waals surface area contributed by atoms with Crippen LogP contribution in [0.5, 0.6) is 0 Å². The molecule has 1 N–H and O–H groups in total. The molecule has 0 bridgehead atoms. The Hall–Kier alpha value is -1.81. The van der Waals surface area contributed by atoms with E-state index < -0.39 is 0 Å². The van der Waals surface area contributed by atoms with Gasteiger partial charge < -0.3 is 10.2 Å². The van der Waals surface area contributed by atoms with Crippen LogP contribution in [0.15, 0.2) is 23.8 Å². The summed E-state index contributed by atoms with van der Waals surface area (Å²) >= 11 is 6.36. The van der Waals surface area contributed by atoms with Gasteiger partial charge in [-0.05, 0) is 63.1 Å². The Bertz CT molecular complexity index is 674. The Balaban J connectivity index is 1.89. The Labute approximate surface area is 161 Å². The number of hydrogen-bond acceptors (Lipinski definition) is 2. The van der Waals surface area contributed by atoms with Gasteiger partial charge in [0.1, 0.15) is 0 Å². The first-order chi connectivity index (χ1) is 12.4. The van der Waals surface area contributed by atoms with Crippen molar-refractivity contribution in [3.05, 3.63) is 39.9 Å². The van der Waals surface area contributed by atoms with Crippen LogP contribution in [0, 0.1) is 13.8 Å². The largest absolute Gasteiger partial charge is 0.356 e. The number of anilines is 1. The summed E-state index contributed by atoms with van der Waals surface area (Å²) < 4.78 is 0. The average molecular weight is 377 g/mol. The highest BCUT2D eigenvalue weighted by molar-refractivity contribution is 6.34. The maximum absolute atomic E-state index is 12.2. The predicted octanol–water partition coefficient (Wildman–Crippen LogP) is 4.71. The van der Waals surface area contributed by atoms with E-state index in [0.717, 1.165) is 30.4 Å². The van der Waals surface area contributed by atoms with Crippen LogP contribution in [0.3, 0.4) is 0 Å². The van der Waals surface area contributed by atoms with Crippen molar-refractivity contribution >= 4 is 29.1 Å². The van der Waals surface area contributed by atoms with Gasteiger partial charge in [-0.25, -0.2) is 0 Å². The smallest absolute Gasteiger partial charge is 0.223 e. The third-order valence-corrected chi connectivity index (χ3v) is 5.05. The molecule has 1 aromatic carbocycles. The summed E-state index contributed by atoms with van der Waals surface area (Å²) in [5.74, 6) is -0.146. The van der Waals surface area contributed by atoms with Crippen molar-refractivity contribution < 1.29 is 9.59 Å². The summed E-state index contributed by atoms with van der Waals surface area (Å²) in [6.45, 7) is 6.39. The minimum Gasteiger partial charge on any atom is -0.356 e. The molecule has 0 saturated heterocycles. The fourth-order valence-electron chi connectivity index (χ4n) is 3.47. The Morgan fingerprint density at radius 3 is 2.62 bits per heavy atom. The number of carbonyl (C=O) groups is 2. The molecule has 1 aromatic rings. The highest BCUT2D eigenvalue weighted by Crippen LogP contribution is 2.31. The van der Waals surface area contributed by atoms with Crippen LogP contribution in [-0.4, -0.2) is 24.9 Å². The van der Waals surface area contributed by atoms with Crippen LogP contribution in [0.25, 0.3) is 0 Å². The number of carbonyl (C=O) groups excluding carboxylic acids is 2. The molecule has 1 aliphatic rings. The van der Waals surface area contributed by atoms with Crippen molar-refractivity contribution in [3.63, 3.8) is 0 Å². The summed E-state index contributed by atoms with van der Waals surface area (Å²) in [5, 5.41) is 3.51. The number of hydrogen-bond donors (Lipinski definition) is 1. The molecule has 0 saturated carbocycles. The lowest BCUT2D eigenvalue weighted by Crippen LogP contribution is -2.34. The van der Waals surface area contributed by atoms with Crippen LogP contribution in [0.4, 0.5) is 5.69 Å². The van der Waals surface area contributed by atoms with E-state index in [4.69, 9.17) is 11.6 Å². The molecule has 0 aromatic heterocycles. The molecule has 4 nitrogen and oxygen atoms in total. The average Bonchev–Trinajstić information content (AvgIpc) is 2.57. The second kappa shape index (κ2) is 9.77. The number of benzene rings is 1. The van der Waals surface area contributed by atoms with E-state index in [1.165, 1.54) is 25.3 Å². The van der Waals surface area contributed by atoms with Crippen LogP contribution in [-0.2, 0) is 9.59 Å². The first-order valence-corrected chi connectivity index (χ1v) is 9.75. The summed E-state index contributed by atoms with van der Waals surface area (Å²) in [7, 11) is 0. The lowest BCUT2D eigenvalue weighted by atomic mass is 9.97. The van der Waals surface area contributed by atoms with E-state index >= 15 is 0 Å². The molecule has 0 unspecified atom stereocenters. The van der Waals surface area contributed by atoms with Crippen molar-refractivity contribution in [2.75, 3.05) is 18.0 Å². The standard InChI is InChI=1S/C21H29ClN2O2/c1-15-13-16(2)21(19(22)14-15)24(17(3)25)12-10-20(26)23-11-9-18-7-5-4-6-8-18/h7,13-14H,4-6,8-12H2,1-3H3,(H,23,26). The van der Waals surface area contributed by atoms with Gasteiger partial charge in [-0.2, -0.15) is 0 Å². The van der Waals surface area contributed by atoms with E-state index in [1.54, 1.807) is 4.90 Å². The number of aryl methyl sites for hydroxylation is 2. The lowest BCUT2D eigenvalue weighted by molar-refractivity contribution is -0.121. The van der Waals surface area contributed by atoms with Gasteiger partial charge >= 0.3 is 0 Å². The Kier molecular flexibility index (Phi) is 7.70. The lowest BCUT2D eigenvalue weighted by Gasteiger charge is -2.24. The first-order valence-electron chi connectivity index (χ1n) is 9.38. The molecular weight excluding hydrogens is 348 g/mol.